The van der Waals surface area contributed by atoms with Crippen molar-refractivity contribution >= 4 is 0 Å². The van der Waals surface area contributed by atoms with Crippen molar-refractivity contribution in [1.82, 2.24) is 15.1 Å². The number of nitrogens with one attached hydrogen (secondary N) is 1. The monoisotopic (exact) mass is 241 g/mol. The van der Waals surface area contributed by atoms with E-state index in [1.807, 2.05) is 0 Å². The number of nitrogens with zero attached hydrogens (tertiary/aromatic N) is 2. The van der Waals surface area contributed by atoms with Gasteiger partial charge < -0.3 is 19.9 Å². The maximum atomic E-state index is 5.61. The third-order valence-corrected chi connectivity index (χ3v) is 4.20. The van der Waals surface area contributed by atoms with Crippen LogP contribution < -0.4 is 5.32 Å². The topological polar surface area (TPSA) is 27.7 Å². The van der Waals surface area contributed by atoms with Gasteiger partial charge in [0.15, 0.2) is 0 Å². The standard InChI is InChI=1S/C13H27N3O/c1-4-14-13-10-17-9-12(13)8-16-6-5-15(3)11(2)7-16/h11-14H,4-10H2,1-3H3. The summed E-state index contributed by atoms with van der Waals surface area (Å²) in [4.78, 5) is 5.05. The van der Waals surface area contributed by atoms with Crippen LogP contribution in [0.4, 0.5) is 0 Å². The molecule has 0 radical (unpaired) electrons. The van der Waals surface area contributed by atoms with Crippen molar-refractivity contribution in [2.75, 3.05) is 53.0 Å². The van der Waals surface area contributed by atoms with Crippen LogP contribution in [0.2, 0.25) is 0 Å². The van der Waals surface area contributed by atoms with E-state index in [2.05, 4.69) is 36.0 Å². The maximum Gasteiger partial charge on any atom is 0.0623 e. The summed E-state index contributed by atoms with van der Waals surface area (Å²) in [5.74, 6) is 0.672. The van der Waals surface area contributed by atoms with Gasteiger partial charge in [-0.15, -0.1) is 0 Å². The molecule has 2 aliphatic heterocycles. The lowest BCUT2D eigenvalue weighted by molar-refractivity contribution is 0.0863. The lowest BCUT2D eigenvalue weighted by atomic mass is 10.0. The molecule has 17 heavy (non-hydrogen) atoms. The summed E-state index contributed by atoms with van der Waals surface area (Å²) in [7, 11) is 2.22. The number of piperazine rings is 1. The van der Waals surface area contributed by atoms with Crippen molar-refractivity contribution in [2.45, 2.75) is 25.9 Å². The second kappa shape index (κ2) is 6.14. The summed E-state index contributed by atoms with van der Waals surface area (Å²) in [5, 5.41) is 3.54. The Bertz CT molecular complexity index is 237. The number of hydrogen-bond acceptors (Lipinski definition) is 4. The van der Waals surface area contributed by atoms with Gasteiger partial charge in [0, 0.05) is 44.2 Å². The average Bonchev–Trinajstić information content (AvgIpc) is 2.72. The van der Waals surface area contributed by atoms with Crippen LogP contribution in [-0.2, 0) is 4.74 Å². The van der Waals surface area contributed by atoms with E-state index in [0.717, 1.165) is 19.8 Å². The normalized spacial score (nSPS) is 36.5. The van der Waals surface area contributed by atoms with E-state index in [1.54, 1.807) is 0 Å². The van der Waals surface area contributed by atoms with Crippen LogP contribution in [-0.4, -0.2) is 74.9 Å². The van der Waals surface area contributed by atoms with Crippen LogP contribution in [0.3, 0.4) is 0 Å². The third kappa shape index (κ3) is 3.41. The Morgan fingerprint density at radius 3 is 2.82 bits per heavy atom. The Morgan fingerprint density at radius 1 is 1.29 bits per heavy atom. The molecule has 0 aromatic rings. The zero-order valence-corrected chi connectivity index (χ0v) is 11.5. The molecule has 2 fully saturated rings. The van der Waals surface area contributed by atoms with E-state index in [-0.39, 0.29) is 0 Å². The van der Waals surface area contributed by atoms with E-state index in [0.29, 0.717) is 18.0 Å². The van der Waals surface area contributed by atoms with Crippen LogP contribution in [0.1, 0.15) is 13.8 Å². The Kier molecular flexibility index (Phi) is 4.79. The van der Waals surface area contributed by atoms with Gasteiger partial charge in [-0.3, -0.25) is 0 Å². The molecule has 4 heteroatoms. The average molecular weight is 241 g/mol. The molecule has 0 spiro atoms. The fraction of sp³-hybridized carbons (Fsp3) is 1.00. The van der Waals surface area contributed by atoms with Gasteiger partial charge in [0.05, 0.1) is 13.2 Å². The minimum atomic E-state index is 0.565. The first-order valence-electron chi connectivity index (χ1n) is 6.94. The third-order valence-electron chi connectivity index (χ3n) is 4.20. The quantitative estimate of drug-likeness (QED) is 0.763. The molecular formula is C13H27N3O. The van der Waals surface area contributed by atoms with E-state index < -0.39 is 0 Å². The van der Waals surface area contributed by atoms with E-state index in [4.69, 9.17) is 4.74 Å². The smallest absolute Gasteiger partial charge is 0.0623 e. The molecule has 2 heterocycles. The molecule has 2 aliphatic rings. The molecule has 2 rings (SSSR count). The Morgan fingerprint density at radius 2 is 2.12 bits per heavy atom. The second-order valence-electron chi connectivity index (χ2n) is 5.55. The zero-order valence-electron chi connectivity index (χ0n) is 11.5. The van der Waals surface area contributed by atoms with Crippen molar-refractivity contribution < 1.29 is 4.74 Å². The summed E-state index contributed by atoms with van der Waals surface area (Å²) >= 11 is 0. The van der Waals surface area contributed by atoms with Gasteiger partial charge in [-0.2, -0.15) is 0 Å². The molecule has 0 aromatic carbocycles. The van der Waals surface area contributed by atoms with E-state index in [1.165, 1.54) is 26.2 Å². The van der Waals surface area contributed by atoms with Crippen LogP contribution in [0.25, 0.3) is 0 Å². The largest absolute Gasteiger partial charge is 0.379 e. The molecule has 3 unspecified atom stereocenters. The van der Waals surface area contributed by atoms with Crippen LogP contribution in [0.15, 0.2) is 0 Å². The lowest BCUT2D eigenvalue weighted by Gasteiger charge is -2.39. The summed E-state index contributed by atoms with van der Waals surface area (Å²) < 4.78 is 5.61. The first-order chi connectivity index (χ1) is 8.20. The highest BCUT2D eigenvalue weighted by molar-refractivity contribution is 4.86. The predicted octanol–water partition coefficient (Wildman–Crippen LogP) is 0.247. The summed E-state index contributed by atoms with van der Waals surface area (Å²) in [6, 6.07) is 1.25. The minimum absolute atomic E-state index is 0.565. The highest BCUT2D eigenvalue weighted by Gasteiger charge is 2.30. The number of ether oxygens (including phenoxy) is 1. The fourth-order valence-electron chi connectivity index (χ4n) is 2.89. The molecule has 0 aliphatic carbocycles. The molecular weight excluding hydrogens is 214 g/mol. The maximum absolute atomic E-state index is 5.61. The van der Waals surface area contributed by atoms with Crippen LogP contribution in [0.5, 0.6) is 0 Å². The van der Waals surface area contributed by atoms with E-state index >= 15 is 0 Å². The number of hydrogen-bond donors (Lipinski definition) is 1. The Balaban J connectivity index is 1.80. The zero-order chi connectivity index (χ0) is 12.3. The van der Waals surface area contributed by atoms with Gasteiger partial charge in [0.25, 0.3) is 0 Å². The highest BCUT2D eigenvalue weighted by Crippen LogP contribution is 2.17. The molecule has 100 valence electrons. The van der Waals surface area contributed by atoms with Crippen molar-refractivity contribution in [3.05, 3.63) is 0 Å². The minimum Gasteiger partial charge on any atom is -0.379 e. The molecule has 1 N–H and O–H groups in total. The van der Waals surface area contributed by atoms with Gasteiger partial charge in [0.1, 0.15) is 0 Å². The second-order valence-corrected chi connectivity index (χ2v) is 5.55. The van der Waals surface area contributed by atoms with Crippen LogP contribution >= 0.6 is 0 Å². The van der Waals surface area contributed by atoms with Gasteiger partial charge in [-0.25, -0.2) is 0 Å². The molecule has 0 saturated carbocycles. The van der Waals surface area contributed by atoms with E-state index in [9.17, 15) is 0 Å². The van der Waals surface area contributed by atoms with Crippen molar-refractivity contribution in [2.24, 2.45) is 5.92 Å². The van der Waals surface area contributed by atoms with Crippen molar-refractivity contribution in [1.29, 1.82) is 0 Å². The van der Waals surface area contributed by atoms with Gasteiger partial charge >= 0.3 is 0 Å². The molecule has 0 amide bonds. The fourth-order valence-corrected chi connectivity index (χ4v) is 2.89. The summed E-state index contributed by atoms with van der Waals surface area (Å²) in [6.07, 6.45) is 0. The van der Waals surface area contributed by atoms with Crippen molar-refractivity contribution in [3.8, 4) is 0 Å². The molecule has 3 atom stereocenters. The molecule has 4 nitrogen and oxygen atoms in total. The SMILES string of the molecule is CCNC1COCC1CN1CCN(C)C(C)C1. The Hall–Kier alpha value is -0.160. The molecule has 0 bridgehead atoms. The lowest BCUT2D eigenvalue weighted by Crippen LogP contribution is -2.52. The number of rotatable bonds is 4. The van der Waals surface area contributed by atoms with Gasteiger partial charge in [0.2, 0.25) is 0 Å². The predicted molar refractivity (Wildman–Crippen MR) is 70.3 cm³/mol. The summed E-state index contributed by atoms with van der Waals surface area (Å²) in [6.45, 7) is 12.1. The van der Waals surface area contributed by atoms with Crippen molar-refractivity contribution in [3.63, 3.8) is 0 Å². The van der Waals surface area contributed by atoms with Gasteiger partial charge in [-0.1, -0.05) is 6.92 Å². The first kappa shape index (κ1) is 13.3. The Labute approximate surface area is 105 Å². The van der Waals surface area contributed by atoms with Crippen LogP contribution in [0, 0.1) is 5.92 Å². The van der Waals surface area contributed by atoms with Gasteiger partial charge in [-0.05, 0) is 20.5 Å². The summed E-state index contributed by atoms with van der Waals surface area (Å²) in [5.41, 5.74) is 0. The molecule has 2 saturated heterocycles. The molecule has 0 aromatic heterocycles. The number of likely N-dealkylation sites (N-methyl/N-ethyl adjacent to an activating group) is 2. The highest BCUT2D eigenvalue weighted by atomic mass is 16.5. The first-order valence-corrected chi connectivity index (χ1v) is 6.94.